The first-order valence-electron chi connectivity index (χ1n) is 28.9. The first-order valence-corrected chi connectivity index (χ1v) is 28.9. The third-order valence-corrected chi connectivity index (χ3v) is 7.16. The van der Waals surface area contributed by atoms with Crippen molar-refractivity contribution in [2.45, 2.75) is 230 Å². The summed E-state index contributed by atoms with van der Waals surface area (Å²) in [5.74, 6) is 3.72. The number of carbonyl (C=O) groups is 12. The number of hydrogen-bond donors (Lipinski definition) is 12. The lowest BCUT2D eigenvalue weighted by Crippen LogP contribution is -2.33. The topological polar surface area (TPSA) is 577 Å². The van der Waals surface area contributed by atoms with Gasteiger partial charge in [0.15, 0.2) is 0 Å². The largest absolute Gasteiger partial charge is 0.394 e. The van der Waals surface area contributed by atoms with Crippen molar-refractivity contribution in [2.75, 3.05) is 41.3 Å². The molecule has 0 aliphatic carbocycles. The van der Waals surface area contributed by atoms with E-state index >= 15 is 0 Å². The molecule has 25 heteroatoms. The van der Waals surface area contributed by atoms with Crippen LogP contribution in [0.4, 0.5) is 0 Å². The Hall–Kier alpha value is -6.20. The molecule has 25 nitrogen and oxygen atoms in total. The van der Waals surface area contributed by atoms with E-state index < -0.39 is 0 Å². The SMILES string of the molecule is C=O.C=O.C=O.C=O.C=O.C=O.C=O.C=O.C=O.C=O.C=O.CC.CC.CC.CC(=O)N1CCCCC1.CC(C)C.CC(C)O.CCC(C)C.CCC(C)C.CCC(C)C.CCCCc1ccccc1.CCc1ccccc1.CN.CN.CN.CN.N.N.N.N.N.N.N. The summed E-state index contributed by atoms with van der Waals surface area (Å²) in [7, 11) is 6.00. The second kappa shape index (κ2) is 337. The summed E-state index contributed by atoms with van der Waals surface area (Å²) in [6.45, 7) is 71.9. The van der Waals surface area contributed by atoms with E-state index in [0.717, 1.165) is 43.2 Å². The fourth-order valence-corrected chi connectivity index (χ4v) is 2.95. The zero-order valence-electron chi connectivity index (χ0n) is 66.5. The maximum Gasteiger partial charge on any atom is 0.219 e. The van der Waals surface area contributed by atoms with Gasteiger partial charge in [-0.2, -0.15) is 0 Å². The second-order valence-corrected chi connectivity index (χ2v) is 15.2. The lowest BCUT2D eigenvalue weighted by atomic mass is 10.1. The molecule has 93 heavy (non-hydrogen) atoms. The summed E-state index contributed by atoms with van der Waals surface area (Å²) in [5.41, 5.74) is 20.9. The zero-order valence-corrected chi connectivity index (χ0v) is 66.5. The van der Waals surface area contributed by atoms with E-state index in [2.05, 4.69) is 174 Å². The highest BCUT2D eigenvalue weighted by atomic mass is 16.3. The number of benzene rings is 2. The minimum atomic E-state index is -0.167. The summed E-state index contributed by atoms with van der Waals surface area (Å²) in [6.07, 6.45) is 12.4. The Morgan fingerprint density at radius 3 is 0.656 bits per heavy atom. The predicted molar refractivity (Wildman–Crippen MR) is 418 cm³/mol. The summed E-state index contributed by atoms with van der Waals surface area (Å²) in [5, 5.41) is 8.06. The van der Waals surface area contributed by atoms with Crippen LogP contribution >= 0.6 is 0 Å². The van der Waals surface area contributed by atoms with Crippen LogP contribution in [0.3, 0.4) is 0 Å². The highest BCUT2D eigenvalue weighted by Crippen LogP contribution is 2.08. The Morgan fingerprint density at radius 1 is 0.387 bits per heavy atom. The minimum Gasteiger partial charge on any atom is -0.394 e. The van der Waals surface area contributed by atoms with Crippen molar-refractivity contribution in [2.24, 2.45) is 46.6 Å². The average molecular weight is 1370 g/mol. The molecule has 1 heterocycles. The number of piperidine rings is 1. The molecule has 0 spiro atoms. The first-order chi connectivity index (χ1) is 41.4. The third-order valence-electron chi connectivity index (χ3n) is 7.16. The number of rotatable bonds is 7. The molecule has 2 aromatic rings. The molecule has 1 aliphatic heterocycles. The fraction of sp³-hybridized carbons (Fsp3) is 0.647. The average Bonchev–Trinajstić information content (AvgIpc) is 3.61. The molecule has 0 bridgehead atoms. The molecule has 0 atom stereocenters. The monoisotopic (exact) mass is 1370 g/mol. The lowest BCUT2D eigenvalue weighted by Gasteiger charge is -2.24. The van der Waals surface area contributed by atoms with Crippen molar-refractivity contribution in [3.8, 4) is 0 Å². The quantitative estimate of drug-likeness (QED) is 0.122. The van der Waals surface area contributed by atoms with Crippen LogP contribution < -0.4 is 66.0 Å². The van der Waals surface area contributed by atoms with Gasteiger partial charge >= 0.3 is 0 Å². The number of nitrogens with two attached hydrogens (primary N) is 4. The van der Waals surface area contributed by atoms with Gasteiger partial charge in [-0.15, -0.1) is 0 Å². The van der Waals surface area contributed by atoms with Crippen molar-refractivity contribution in [3.63, 3.8) is 0 Å². The van der Waals surface area contributed by atoms with Gasteiger partial charge in [0.05, 0.1) is 0 Å². The van der Waals surface area contributed by atoms with Crippen molar-refractivity contribution < 1.29 is 62.6 Å². The molecule has 0 saturated carbocycles. The molecular weight excluding hydrogens is 1190 g/mol. The number of aryl methyl sites for hydroxylation is 2. The maximum absolute atomic E-state index is 10.7. The standard InChI is InChI=1S/C10H14.C8H10.C7H13NO.3C5H12.C4H10.C3H8O.3C2H6.4CH5N.11CH2O.7H3N/c1-2-3-7-10-8-5-4-6-9-10;1-2-8-6-4-3-5-7-8;1-7(9)8-5-3-2-4-6-8;3*1-4-5(2)3;1-4(2)3;1-3(2)4;18*1-2;;;;;;;/h4-6,8-9H,2-3,7H2,1H3;3-7H,2H2,1H3;2-6H2,1H3;3*5H,4H2,1-3H3;4H,1-3H3;3-4H,1-2H3;3*1-2H3;4*2H2,1H3;11*1H2;7*1H3. The number of amides is 1. The normalized spacial score (nSPS) is 7.00. The number of hydrogen-bond acceptors (Lipinski definition) is 24. The van der Waals surface area contributed by atoms with Gasteiger partial charge < -0.3 is 129 Å². The molecular formula is C68H172N12O13. The van der Waals surface area contributed by atoms with Gasteiger partial charge in [-0.25, -0.2) is 0 Å². The molecule has 1 fully saturated rings. The van der Waals surface area contributed by atoms with Gasteiger partial charge in [-0.3, -0.25) is 4.79 Å². The van der Waals surface area contributed by atoms with Crippen molar-refractivity contribution in [3.05, 3.63) is 71.8 Å². The van der Waals surface area contributed by atoms with Gasteiger partial charge in [0, 0.05) is 26.1 Å². The Kier molecular flexibility index (Phi) is 717. The Labute approximate surface area is 578 Å². The van der Waals surface area contributed by atoms with E-state index in [1.165, 1.54) is 97.1 Å². The van der Waals surface area contributed by atoms with Crippen molar-refractivity contribution in [1.82, 2.24) is 48.0 Å². The van der Waals surface area contributed by atoms with Crippen LogP contribution in [0.25, 0.3) is 0 Å². The molecule has 1 amide bonds. The maximum atomic E-state index is 10.7. The number of aliphatic hydroxyl groups is 1. The Balaban J connectivity index is -0.0000000163. The lowest BCUT2D eigenvalue weighted by molar-refractivity contribution is -0.129. The zero-order chi connectivity index (χ0) is 75.8. The number of aliphatic hydroxyl groups excluding tert-OH is 1. The number of likely N-dealkylation sites (tertiary alicyclic amines) is 1. The van der Waals surface area contributed by atoms with Gasteiger partial charge in [0.1, 0.15) is 74.7 Å². The Bertz CT molecular complexity index is 1040. The van der Waals surface area contributed by atoms with Crippen LogP contribution in [0.15, 0.2) is 60.7 Å². The summed E-state index contributed by atoms with van der Waals surface area (Å²) in [6, 6.07) is 21.1. The summed E-state index contributed by atoms with van der Waals surface area (Å²) in [4.78, 5) is 101. The third kappa shape index (κ3) is 527. The van der Waals surface area contributed by atoms with Gasteiger partial charge in [-0.1, -0.05) is 225 Å². The van der Waals surface area contributed by atoms with E-state index in [-0.39, 0.29) is 55.1 Å². The van der Waals surface area contributed by atoms with Crippen LogP contribution in [-0.4, -0.2) is 138 Å². The fourth-order valence-electron chi connectivity index (χ4n) is 2.95. The van der Waals surface area contributed by atoms with Crippen molar-refractivity contribution in [1.29, 1.82) is 0 Å². The van der Waals surface area contributed by atoms with Crippen LogP contribution in [0.5, 0.6) is 0 Å². The molecule has 1 saturated heterocycles. The van der Waals surface area contributed by atoms with E-state index in [1.807, 2.05) is 127 Å². The molecule has 2 aromatic carbocycles. The van der Waals surface area contributed by atoms with Crippen LogP contribution in [0, 0.1) is 23.7 Å². The van der Waals surface area contributed by atoms with Crippen LogP contribution in [0.1, 0.15) is 222 Å². The van der Waals surface area contributed by atoms with Gasteiger partial charge in [-0.05, 0) is 115 Å². The van der Waals surface area contributed by atoms with Gasteiger partial charge in [0.2, 0.25) is 5.91 Å². The molecule has 0 aromatic heterocycles. The second-order valence-electron chi connectivity index (χ2n) is 15.2. The molecule has 0 unspecified atom stereocenters. The summed E-state index contributed by atoms with van der Waals surface area (Å²) < 4.78 is 0. The first kappa shape index (κ1) is 198. The molecule has 3 rings (SSSR count). The molecule has 30 N–H and O–H groups in total. The molecule has 1 aliphatic rings. The highest BCUT2D eigenvalue weighted by molar-refractivity contribution is 5.73. The highest BCUT2D eigenvalue weighted by Gasteiger charge is 2.11. The number of nitrogens with zero attached hydrogens (tertiary/aromatic N) is 1. The number of unbranched alkanes of at least 4 members (excludes halogenated alkanes) is 1. The van der Waals surface area contributed by atoms with Gasteiger partial charge in [0.25, 0.3) is 0 Å². The smallest absolute Gasteiger partial charge is 0.219 e. The minimum absolute atomic E-state index is 0. The Morgan fingerprint density at radius 2 is 0.548 bits per heavy atom. The van der Waals surface area contributed by atoms with E-state index in [4.69, 9.17) is 57.8 Å². The molecule has 0 radical (unpaired) electrons. The van der Waals surface area contributed by atoms with Crippen molar-refractivity contribution >= 4 is 80.6 Å². The van der Waals surface area contributed by atoms with E-state index in [0.29, 0.717) is 0 Å². The van der Waals surface area contributed by atoms with Crippen LogP contribution in [-0.2, 0) is 70.4 Å². The number of carbonyl (C=O) groups excluding carboxylic acids is 12. The van der Waals surface area contributed by atoms with E-state index in [9.17, 15) is 4.79 Å². The predicted octanol–water partition coefficient (Wildman–Crippen LogP) is 15.0. The summed E-state index contributed by atoms with van der Waals surface area (Å²) >= 11 is 0. The van der Waals surface area contributed by atoms with E-state index in [1.54, 1.807) is 20.8 Å². The molecule has 582 valence electrons. The van der Waals surface area contributed by atoms with Crippen LogP contribution in [0.2, 0.25) is 0 Å².